The monoisotopic (exact) mass is 881 g/mol. The molecule has 14 unspecified atom stereocenters. The second-order valence-corrected chi connectivity index (χ2v) is 23.0. The number of esters is 2. The number of benzene rings is 1. The zero-order valence-electron chi connectivity index (χ0n) is 38.6. The van der Waals surface area contributed by atoms with E-state index in [-0.39, 0.29) is 36.6 Å². The molecule has 9 aliphatic rings. The van der Waals surface area contributed by atoms with E-state index in [1.54, 1.807) is 6.26 Å². The van der Waals surface area contributed by atoms with E-state index in [2.05, 4.69) is 61.7 Å². The van der Waals surface area contributed by atoms with Crippen molar-refractivity contribution in [3.05, 3.63) is 59.5 Å². The van der Waals surface area contributed by atoms with E-state index in [9.17, 15) is 14.7 Å². The van der Waals surface area contributed by atoms with E-state index in [1.165, 1.54) is 31.2 Å². The summed E-state index contributed by atoms with van der Waals surface area (Å²) in [6.07, 6.45) is 12.2. The number of nitrogens with one attached hydrogen (secondary N) is 2. The minimum Gasteiger partial charge on any atom is -0.469 e. The number of aryl methyl sites for hydroxylation is 1. The highest BCUT2D eigenvalue weighted by Crippen LogP contribution is 2.83. The van der Waals surface area contributed by atoms with Crippen molar-refractivity contribution in [2.24, 2.45) is 57.7 Å². The maximum atomic E-state index is 15.9. The Morgan fingerprint density at radius 3 is 2.50 bits per heavy atom. The van der Waals surface area contributed by atoms with Gasteiger partial charge in [-0.1, -0.05) is 76.8 Å². The minimum atomic E-state index is -1.41. The second-order valence-electron chi connectivity index (χ2n) is 23.0. The van der Waals surface area contributed by atoms with Crippen LogP contribution >= 0.6 is 0 Å². The van der Waals surface area contributed by atoms with Gasteiger partial charge < -0.3 is 39.1 Å². The molecule has 14 atom stereocenters. The van der Waals surface area contributed by atoms with E-state index in [1.807, 2.05) is 13.0 Å². The number of cyclic esters (lactones) is 2. The first-order chi connectivity index (χ1) is 30.9. The molecule has 0 bridgehead atoms. The number of carbonyl (C=O) groups is 3. The smallest absolute Gasteiger partial charge is 0.339 e. The van der Waals surface area contributed by atoms with Gasteiger partial charge in [-0.2, -0.15) is 0 Å². The maximum absolute atomic E-state index is 15.9. The molecule has 11 rings (SSSR count). The van der Waals surface area contributed by atoms with E-state index >= 15 is 4.79 Å². The third-order valence-corrected chi connectivity index (χ3v) is 19.5. The molecule has 0 amide bonds. The van der Waals surface area contributed by atoms with Crippen molar-refractivity contribution < 1.29 is 42.9 Å². The predicted octanol–water partition coefficient (Wildman–Crippen LogP) is 7.81. The standard InChI is InChI=1S/C53H72N2O9/c1-31(2)19-23-50(4)44-43(57)45(58)52(36-12-8-11-34(26-36)25-33-9-6-5-7-10-33)40(51(44)29-61-42(56)27-41(51)63-50)20-22-49(3)46(62-48(59)47-53(49,52)64-47)37-21-24-60-39(37)18-15-32-13-16-35(17-14-32)38-28-54-30-55-38/h5-7,9-10,21,24,31-32,34-36,38,40-41,44-47,54-55,58H,8,11-20,22-23,25-30H2,1-4H3. The fourth-order valence-corrected chi connectivity index (χ4v) is 16.8. The number of carbonyl (C=O) groups excluding carboxylic acids is 3. The van der Waals surface area contributed by atoms with Crippen molar-refractivity contribution in [2.45, 2.75) is 172 Å². The van der Waals surface area contributed by atoms with Crippen LogP contribution in [0, 0.1) is 57.7 Å². The van der Waals surface area contributed by atoms with Gasteiger partial charge in [0, 0.05) is 47.5 Å². The van der Waals surface area contributed by atoms with Gasteiger partial charge in [0.1, 0.15) is 30.2 Å². The molecule has 3 N–H and O–H groups in total. The lowest BCUT2D eigenvalue weighted by Gasteiger charge is -2.70. The van der Waals surface area contributed by atoms with Crippen molar-refractivity contribution >= 4 is 17.7 Å². The molecule has 4 saturated carbocycles. The van der Waals surface area contributed by atoms with E-state index in [4.69, 9.17) is 23.4 Å². The number of ketones is 1. The van der Waals surface area contributed by atoms with Crippen LogP contribution in [0.4, 0.5) is 0 Å². The van der Waals surface area contributed by atoms with Gasteiger partial charge in [-0.15, -0.1) is 0 Å². The maximum Gasteiger partial charge on any atom is 0.339 e. The molecule has 0 radical (unpaired) electrons. The number of aliphatic hydroxyl groups is 1. The molecular formula is C53H72N2O9. The lowest BCUT2D eigenvalue weighted by molar-refractivity contribution is -0.276. The number of fused-ring (bicyclic) bond motifs is 1. The third kappa shape index (κ3) is 6.31. The van der Waals surface area contributed by atoms with Crippen molar-refractivity contribution in [1.29, 1.82) is 0 Å². The van der Waals surface area contributed by atoms with Crippen LogP contribution in [0.1, 0.15) is 141 Å². The first-order valence-electron chi connectivity index (χ1n) is 25.3. The van der Waals surface area contributed by atoms with Crippen LogP contribution in [0.15, 0.2) is 47.1 Å². The van der Waals surface area contributed by atoms with Crippen LogP contribution in [0.2, 0.25) is 0 Å². The Bertz CT molecular complexity index is 2090. The number of furan rings is 1. The lowest BCUT2D eigenvalue weighted by Crippen LogP contribution is -2.79. The Hall–Kier alpha value is -3.09. The number of hydrogen-bond donors (Lipinski definition) is 3. The van der Waals surface area contributed by atoms with Gasteiger partial charge in [-0.25, -0.2) is 4.79 Å². The second kappa shape index (κ2) is 16.0. The molecule has 9 fully saturated rings. The van der Waals surface area contributed by atoms with Crippen LogP contribution in [0.5, 0.6) is 0 Å². The molecule has 5 aliphatic heterocycles. The number of aliphatic hydroxyl groups excluding tert-OH is 1. The van der Waals surface area contributed by atoms with Crippen molar-refractivity contribution in [1.82, 2.24) is 10.6 Å². The zero-order chi connectivity index (χ0) is 44.2. The Morgan fingerprint density at radius 1 is 0.922 bits per heavy atom. The summed E-state index contributed by atoms with van der Waals surface area (Å²) in [5, 5.41) is 20.7. The van der Waals surface area contributed by atoms with Gasteiger partial charge >= 0.3 is 11.9 Å². The molecular weight excluding hydrogens is 809 g/mol. The molecule has 1 aromatic carbocycles. The average Bonchev–Trinajstić information content (AvgIpc) is 3.55. The van der Waals surface area contributed by atoms with Gasteiger partial charge in [0.2, 0.25) is 0 Å². The van der Waals surface area contributed by atoms with E-state index in [0.29, 0.717) is 49.0 Å². The largest absolute Gasteiger partial charge is 0.469 e. The van der Waals surface area contributed by atoms with Gasteiger partial charge in [0.05, 0.1) is 30.3 Å². The number of ether oxygens (including phenoxy) is 4. The fourth-order valence-electron chi connectivity index (χ4n) is 16.8. The van der Waals surface area contributed by atoms with Gasteiger partial charge in [0.25, 0.3) is 0 Å². The summed E-state index contributed by atoms with van der Waals surface area (Å²) in [6, 6.07) is 13.2. The average molecular weight is 881 g/mol. The molecule has 348 valence electrons. The van der Waals surface area contributed by atoms with Crippen LogP contribution in [0.3, 0.4) is 0 Å². The van der Waals surface area contributed by atoms with Crippen LogP contribution in [-0.4, -0.2) is 78.2 Å². The normalized spacial score (nSPS) is 46.0. The van der Waals surface area contributed by atoms with Gasteiger partial charge in [-0.3, -0.25) is 9.59 Å². The zero-order valence-corrected chi connectivity index (χ0v) is 38.6. The van der Waals surface area contributed by atoms with Crippen molar-refractivity contribution in [3.8, 4) is 0 Å². The summed E-state index contributed by atoms with van der Waals surface area (Å²) in [6.45, 7) is 10.6. The number of hydrogen-bond acceptors (Lipinski definition) is 11. The lowest BCUT2D eigenvalue weighted by atomic mass is 9.32. The van der Waals surface area contributed by atoms with E-state index in [0.717, 1.165) is 75.9 Å². The molecule has 2 aromatic rings. The highest BCUT2D eigenvalue weighted by atomic mass is 16.7. The molecule has 11 nitrogen and oxygen atoms in total. The predicted molar refractivity (Wildman–Crippen MR) is 237 cm³/mol. The molecule has 11 heteroatoms. The van der Waals surface area contributed by atoms with Gasteiger partial charge in [0.15, 0.2) is 11.9 Å². The topological polar surface area (TPSA) is 149 Å². The van der Waals surface area contributed by atoms with Crippen molar-refractivity contribution in [3.63, 3.8) is 0 Å². The minimum absolute atomic E-state index is 0.0661. The first kappa shape index (κ1) is 43.5. The Kier molecular flexibility index (Phi) is 10.9. The SMILES string of the molecule is CC(C)CCC1(C)OC2CC(=O)OCC23C1C(=O)C(O)C1(C2CCCC(Cc4ccccc4)C2)C3CCC2(C)C(c3ccoc3CCC3CCC(C4CNCN4)CC3)OC(=O)C3OC321. The quantitative estimate of drug-likeness (QED) is 0.150. The molecule has 5 saturated heterocycles. The highest BCUT2D eigenvalue weighted by Gasteiger charge is 2.93. The summed E-state index contributed by atoms with van der Waals surface area (Å²) in [5.74, 6) is 0.808. The number of rotatable bonds is 11. The van der Waals surface area contributed by atoms with Crippen LogP contribution < -0.4 is 10.6 Å². The summed E-state index contributed by atoms with van der Waals surface area (Å²) < 4.78 is 33.5. The summed E-state index contributed by atoms with van der Waals surface area (Å²) in [7, 11) is 0. The number of epoxide rings is 1. The third-order valence-electron chi connectivity index (χ3n) is 19.5. The highest BCUT2D eigenvalue weighted by molar-refractivity contribution is 5.92. The van der Waals surface area contributed by atoms with Gasteiger partial charge in [-0.05, 0) is 118 Å². The molecule has 1 aromatic heterocycles. The summed E-state index contributed by atoms with van der Waals surface area (Å²) in [5.41, 5.74) is -2.75. The Balaban J connectivity index is 0.987. The summed E-state index contributed by atoms with van der Waals surface area (Å²) in [4.78, 5) is 44.0. The number of Topliss-reactive ketones (excluding diaryl/α,β-unsaturated/α-hetero) is 1. The van der Waals surface area contributed by atoms with E-state index < -0.39 is 63.8 Å². The Labute approximate surface area is 379 Å². The molecule has 64 heavy (non-hydrogen) atoms. The van der Waals surface area contributed by atoms with Crippen molar-refractivity contribution in [2.75, 3.05) is 19.8 Å². The fraction of sp³-hybridized carbons (Fsp3) is 0.755. The molecule has 2 spiro atoms. The first-order valence-corrected chi connectivity index (χ1v) is 25.3. The Morgan fingerprint density at radius 2 is 1.73 bits per heavy atom. The van der Waals surface area contributed by atoms with Crippen LogP contribution in [0.25, 0.3) is 0 Å². The molecule has 4 aliphatic carbocycles. The molecule has 6 heterocycles. The van der Waals surface area contributed by atoms with Crippen LogP contribution in [-0.2, 0) is 46.2 Å². The summed E-state index contributed by atoms with van der Waals surface area (Å²) >= 11 is 0.